The minimum atomic E-state index is -0.591. The van der Waals surface area contributed by atoms with Crippen LogP contribution in [0.4, 0.5) is 0 Å². The molecule has 0 spiro atoms. The summed E-state index contributed by atoms with van der Waals surface area (Å²) in [5, 5.41) is 14.7. The van der Waals surface area contributed by atoms with Crippen LogP contribution in [0.15, 0.2) is 12.3 Å². The highest BCUT2D eigenvalue weighted by molar-refractivity contribution is 5.02. The van der Waals surface area contributed by atoms with Crippen molar-refractivity contribution in [1.29, 1.82) is 0 Å². The van der Waals surface area contributed by atoms with Gasteiger partial charge in [0, 0.05) is 25.4 Å². The molecule has 17 heavy (non-hydrogen) atoms. The molecule has 0 radical (unpaired) electrons. The third-order valence-electron chi connectivity index (χ3n) is 3.58. The van der Waals surface area contributed by atoms with E-state index in [4.69, 9.17) is 4.74 Å². The molecule has 1 fully saturated rings. The lowest BCUT2D eigenvalue weighted by Gasteiger charge is -2.41. The maximum absolute atomic E-state index is 10.6. The van der Waals surface area contributed by atoms with Gasteiger partial charge in [0.15, 0.2) is 0 Å². The smallest absolute Gasteiger partial charge is 0.0700 e. The summed E-state index contributed by atoms with van der Waals surface area (Å²) >= 11 is 0. The molecule has 1 aromatic rings. The van der Waals surface area contributed by atoms with E-state index in [1.807, 2.05) is 31.6 Å². The fourth-order valence-corrected chi connectivity index (χ4v) is 2.67. The Morgan fingerprint density at radius 1 is 1.53 bits per heavy atom. The highest BCUT2D eigenvalue weighted by atomic mass is 16.5. The molecule has 1 aliphatic heterocycles. The van der Waals surface area contributed by atoms with E-state index in [1.165, 1.54) is 5.69 Å². The number of ether oxygens (including phenoxy) is 1. The Bertz CT molecular complexity index is 387. The Kier molecular flexibility index (Phi) is 3.27. The van der Waals surface area contributed by atoms with E-state index in [-0.39, 0.29) is 5.60 Å². The first kappa shape index (κ1) is 12.6. The number of hydrogen-bond acceptors (Lipinski definition) is 3. The molecule has 0 aliphatic carbocycles. The number of nitrogens with zero attached hydrogens (tertiary/aromatic N) is 2. The van der Waals surface area contributed by atoms with Crippen molar-refractivity contribution in [2.24, 2.45) is 7.05 Å². The largest absolute Gasteiger partial charge is 0.390 e. The third-order valence-corrected chi connectivity index (χ3v) is 3.58. The van der Waals surface area contributed by atoms with Crippen LogP contribution in [0.25, 0.3) is 0 Å². The van der Waals surface area contributed by atoms with Crippen LogP contribution in [0, 0.1) is 0 Å². The second-order valence-corrected chi connectivity index (χ2v) is 5.71. The molecule has 1 saturated heterocycles. The fourth-order valence-electron chi connectivity index (χ4n) is 2.67. The minimum Gasteiger partial charge on any atom is -0.390 e. The number of hydrogen-bond donors (Lipinski definition) is 1. The molecule has 4 heteroatoms. The van der Waals surface area contributed by atoms with Crippen LogP contribution in [-0.4, -0.2) is 32.7 Å². The SMILES string of the molecule is Cn1nccc1CCC1(O)CCOC(C)(C)C1. The fraction of sp³-hybridized carbons (Fsp3) is 0.769. The van der Waals surface area contributed by atoms with Gasteiger partial charge in [0.25, 0.3) is 0 Å². The van der Waals surface area contributed by atoms with E-state index < -0.39 is 5.60 Å². The van der Waals surface area contributed by atoms with Crippen LogP contribution in [-0.2, 0) is 18.2 Å². The molecule has 2 heterocycles. The molecule has 0 aromatic carbocycles. The zero-order valence-corrected chi connectivity index (χ0v) is 10.9. The number of rotatable bonds is 3. The number of aliphatic hydroxyl groups is 1. The molecular weight excluding hydrogens is 216 g/mol. The van der Waals surface area contributed by atoms with Crippen molar-refractivity contribution in [3.63, 3.8) is 0 Å². The van der Waals surface area contributed by atoms with Crippen LogP contribution in [0.5, 0.6) is 0 Å². The predicted molar refractivity (Wildman–Crippen MR) is 65.7 cm³/mol. The molecule has 1 N–H and O–H groups in total. The van der Waals surface area contributed by atoms with Crippen LogP contribution in [0.2, 0.25) is 0 Å². The van der Waals surface area contributed by atoms with Gasteiger partial charge in [-0.05, 0) is 39.2 Å². The molecule has 0 saturated carbocycles. The van der Waals surface area contributed by atoms with Gasteiger partial charge >= 0.3 is 0 Å². The molecule has 4 nitrogen and oxygen atoms in total. The molecular formula is C13H22N2O2. The molecule has 1 unspecified atom stereocenters. The molecule has 1 aliphatic rings. The van der Waals surface area contributed by atoms with E-state index in [9.17, 15) is 5.11 Å². The summed E-state index contributed by atoms with van der Waals surface area (Å²) in [6.07, 6.45) is 4.88. The average Bonchev–Trinajstić information content (AvgIpc) is 2.59. The van der Waals surface area contributed by atoms with Gasteiger partial charge in [-0.25, -0.2) is 0 Å². The van der Waals surface area contributed by atoms with Crippen molar-refractivity contribution >= 4 is 0 Å². The van der Waals surface area contributed by atoms with E-state index >= 15 is 0 Å². The summed E-state index contributed by atoms with van der Waals surface area (Å²) in [6, 6.07) is 2.01. The molecule has 96 valence electrons. The zero-order valence-electron chi connectivity index (χ0n) is 10.9. The Hall–Kier alpha value is -0.870. The number of aromatic nitrogens is 2. The monoisotopic (exact) mass is 238 g/mol. The predicted octanol–water partition coefficient (Wildman–Crippen LogP) is 1.67. The van der Waals surface area contributed by atoms with Gasteiger partial charge in [-0.15, -0.1) is 0 Å². The van der Waals surface area contributed by atoms with Gasteiger partial charge in [-0.3, -0.25) is 4.68 Å². The van der Waals surface area contributed by atoms with E-state index in [0.29, 0.717) is 13.0 Å². The highest BCUT2D eigenvalue weighted by Gasteiger charge is 2.38. The van der Waals surface area contributed by atoms with Gasteiger partial charge in [0.1, 0.15) is 0 Å². The second-order valence-electron chi connectivity index (χ2n) is 5.71. The Morgan fingerprint density at radius 2 is 2.29 bits per heavy atom. The van der Waals surface area contributed by atoms with Gasteiger partial charge in [0.2, 0.25) is 0 Å². The van der Waals surface area contributed by atoms with Crippen LogP contribution < -0.4 is 0 Å². The topological polar surface area (TPSA) is 47.3 Å². The molecule has 1 atom stereocenters. The normalized spacial score (nSPS) is 28.2. The minimum absolute atomic E-state index is 0.209. The van der Waals surface area contributed by atoms with Gasteiger partial charge in [-0.1, -0.05) is 0 Å². The lowest BCUT2D eigenvalue weighted by molar-refractivity contribution is -0.146. The van der Waals surface area contributed by atoms with Crippen molar-refractivity contribution in [3.05, 3.63) is 18.0 Å². The van der Waals surface area contributed by atoms with Crippen LogP contribution in [0.1, 0.15) is 38.8 Å². The standard InChI is InChI=1S/C13H22N2O2/c1-12(2)10-13(16,7-9-17-12)6-4-11-5-8-14-15(11)3/h5,8,16H,4,6-7,9-10H2,1-3H3. The van der Waals surface area contributed by atoms with E-state index in [0.717, 1.165) is 19.3 Å². The van der Waals surface area contributed by atoms with Crippen LogP contribution in [0.3, 0.4) is 0 Å². The van der Waals surface area contributed by atoms with Crippen molar-refractivity contribution in [2.75, 3.05) is 6.61 Å². The Morgan fingerprint density at radius 3 is 2.88 bits per heavy atom. The lowest BCUT2D eigenvalue weighted by Crippen LogP contribution is -2.46. The Labute approximate surface area is 103 Å². The maximum atomic E-state index is 10.6. The molecule has 0 bridgehead atoms. The Balaban J connectivity index is 1.96. The summed E-state index contributed by atoms with van der Waals surface area (Å²) in [5.41, 5.74) is 0.369. The summed E-state index contributed by atoms with van der Waals surface area (Å²) in [6.45, 7) is 4.73. The maximum Gasteiger partial charge on any atom is 0.0700 e. The first-order valence-corrected chi connectivity index (χ1v) is 6.24. The van der Waals surface area contributed by atoms with Crippen molar-refractivity contribution < 1.29 is 9.84 Å². The van der Waals surface area contributed by atoms with Gasteiger partial charge in [-0.2, -0.15) is 5.10 Å². The molecule has 1 aromatic heterocycles. The van der Waals surface area contributed by atoms with Crippen molar-refractivity contribution in [3.8, 4) is 0 Å². The van der Waals surface area contributed by atoms with Crippen LogP contribution >= 0.6 is 0 Å². The van der Waals surface area contributed by atoms with Gasteiger partial charge in [0.05, 0.1) is 17.8 Å². The first-order chi connectivity index (χ1) is 7.90. The molecule has 2 rings (SSSR count). The van der Waals surface area contributed by atoms with E-state index in [2.05, 4.69) is 5.10 Å². The van der Waals surface area contributed by atoms with E-state index in [1.54, 1.807) is 6.20 Å². The summed E-state index contributed by atoms with van der Waals surface area (Å²) in [5.74, 6) is 0. The second kappa shape index (κ2) is 4.42. The molecule has 0 amide bonds. The van der Waals surface area contributed by atoms with Crippen molar-refractivity contribution in [2.45, 2.75) is 50.7 Å². The lowest BCUT2D eigenvalue weighted by atomic mass is 9.81. The summed E-state index contributed by atoms with van der Waals surface area (Å²) in [4.78, 5) is 0. The summed E-state index contributed by atoms with van der Waals surface area (Å²) in [7, 11) is 1.94. The average molecular weight is 238 g/mol. The highest BCUT2D eigenvalue weighted by Crippen LogP contribution is 2.34. The number of aryl methyl sites for hydroxylation is 2. The summed E-state index contributed by atoms with van der Waals surface area (Å²) < 4.78 is 7.51. The first-order valence-electron chi connectivity index (χ1n) is 6.24. The van der Waals surface area contributed by atoms with Crippen molar-refractivity contribution in [1.82, 2.24) is 9.78 Å². The quantitative estimate of drug-likeness (QED) is 0.871. The van der Waals surface area contributed by atoms with Gasteiger partial charge < -0.3 is 9.84 Å². The zero-order chi connectivity index (χ0) is 12.5. The third kappa shape index (κ3) is 3.07.